The fraction of sp³-hybridized carbons (Fsp3) is 0.522. The van der Waals surface area contributed by atoms with E-state index < -0.39 is 11.9 Å². The minimum Gasteiger partial charge on any atom is -0.436 e. The molecule has 1 spiro atoms. The van der Waals surface area contributed by atoms with Gasteiger partial charge in [0.1, 0.15) is 0 Å². The van der Waals surface area contributed by atoms with E-state index in [1.807, 2.05) is 12.1 Å². The van der Waals surface area contributed by atoms with E-state index in [4.69, 9.17) is 4.42 Å². The predicted octanol–water partition coefficient (Wildman–Crippen LogP) is 6.23. The van der Waals surface area contributed by atoms with Crippen LogP contribution in [0.1, 0.15) is 60.6 Å². The Morgan fingerprint density at radius 2 is 1.92 bits per heavy atom. The summed E-state index contributed by atoms with van der Waals surface area (Å²) in [6.45, 7) is 6.98. The first-order valence-corrected chi connectivity index (χ1v) is 9.83. The molecule has 3 heteroatoms. The molecular weight excluding hydrogens is 320 g/mol. The van der Waals surface area contributed by atoms with Crippen molar-refractivity contribution in [2.75, 3.05) is 11.4 Å². The van der Waals surface area contributed by atoms with Crippen LogP contribution in [0.2, 0.25) is 0 Å². The second kappa shape index (κ2) is 5.48. The Morgan fingerprint density at radius 1 is 1.12 bits per heavy atom. The van der Waals surface area contributed by atoms with E-state index in [1.165, 1.54) is 6.42 Å². The summed E-state index contributed by atoms with van der Waals surface area (Å²) in [5, 5.41) is 2.08. The molecule has 1 aromatic carbocycles. The van der Waals surface area contributed by atoms with Gasteiger partial charge in [0.05, 0.1) is 5.69 Å². The van der Waals surface area contributed by atoms with Gasteiger partial charge in [-0.2, -0.15) is 0 Å². The molecule has 3 nitrogen and oxygen atoms in total. The monoisotopic (exact) mass is 350 g/mol. The highest BCUT2D eigenvalue weighted by atomic mass is 16.3. The number of hydrogen-bond acceptors (Lipinski definition) is 3. The Balaban J connectivity index is 1.74. The van der Waals surface area contributed by atoms with Gasteiger partial charge in [0.25, 0.3) is 0 Å². The zero-order valence-electron chi connectivity index (χ0n) is 17.9. The second-order valence-electron chi connectivity index (χ2n) is 8.68. The Labute approximate surface area is 158 Å². The van der Waals surface area contributed by atoms with Crippen LogP contribution in [0, 0.1) is 12.3 Å². The topological polar surface area (TPSA) is 29.3 Å². The van der Waals surface area contributed by atoms with E-state index in [1.54, 1.807) is 6.20 Å². The molecule has 0 radical (unpaired) electrons. The number of aryl methyl sites for hydroxylation is 1. The molecule has 136 valence electrons. The fourth-order valence-corrected chi connectivity index (χ4v) is 5.22. The fourth-order valence-electron chi connectivity index (χ4n) is 5.22. The van der Waals surface area contributed by atoms with Crippen molar-refractivity contribution in [3.8, 4) is 0 Å². The van der Waals surface area contributed by atoms with Gasteiger partial charge in [-0.15, -0.1) is 0 Å². The molecular formula is C23H28N2O. The van der Waals surface area contributed by atoms with Crippen LogP contribution in [0.5, 0.6) is 0 Å². The van der Waals surface area contributed by atoms with Gasteiger partial charge in [-0.1, -0.05) is 31.4 Å². The molecule has 0 N–H and O–H groups in total. The number of aromatic nitrogens is 1. The van der Waals surface area contributed by atoms with Gasteiger partial charge in [0.2, 0.25) is 5.71 Å². The van der Waals surface area contributed by atoms with Crippen molar-refractivity contribution in [3.63, 3.8) is 0 Å². The summed E-state index contributed by atoms with van der Waals surface area (Å²) in [5.41, 5.74) is 2.75. The average molecular weight is 351 g/mol. The normalized spacial score (nSPS) is 25.0. The Bertz CT molecular complexity index is 1060. The van der Waals surface area contributed by atoms with Crippen molar-refractivity contribution in [2.45, 2.75) is 64.8 Å². The van der Waals surface area contributed by atoms with Crippen molar-refractivity contribution < 1.29 is 7.16 Å². The first-order chi connectivity index (χ1) is 13.3. The highest BCUT2D eigenvalue weighted by Crippen LogP contribution is 2.53. The molecule has 3 heterocycles. The zero-order valence-corrected chi connectivity index (χ0v) is 15.9. The molecule has 1 aliphatic carbocycles. The molecule has 26 heavy (non-hydrogen) atoms. The number of hydrogen-bond donors (Lipinski definition) is 0. The number of pyridine rings is 1. The summed E-state index contributed by atoms with van der Waals surface area (Å²) in [4.78, 5) is 6.71. The van der Waals surface area contributed by atoms with Crippen LogP contribution in [-0.2, 0) is 0 Å². The van der Waals surface area contributed by atoms with Gasteiger partial charge in [0, 0.05) is 31.8 Å². The number of furan rings is 1. The maximum Gasteiger partial charge on any atom is 0.227 e. The summed E-state index contributed by atoms with van der Waals surface area (Å²) < 4.78 is 24.6. The third-order valence-corrected chi connectivity index (χ3v) is 6.38. The largest absolute Gasteiger partial charge is 0.436 e. The molecule has 0 amide bonds. The molecule has 2 aromatic heterocycles. The Kier molecular flexibility index (Phi) is 2.97. The van der Waals surface area contributed by atoms with Gasteiger partial charge >= 0.3 is 0 Å². The van der Waals surface area contributed by atoms with Gasteiger partial charge in [-0.3, -0.25) is 0 Å². The standard InChI is InChI=1S/C23H28N2O/c1-16-9-10-17-18-8-7-13-24-21(18)26-20(17)19(16)25-15-23(14-22(25,2)3)11-5-4-6-12-23/h7-10,13H,4-6,11-12,14-15H2,1-3H3/i14D2. The quantitative estimate of drug-likeness (QED) is 0.521. The van der Waals surface area contributed by atoms with E-state index in [0.29, 0.717) is 5.71 Å². The molecule has 2 aliphatic rings. The van der Waals surface area contributed by atoms with Crippen LogP contribution in [0.15, 0.2) is 34.9 Å². The first kappa shape index (κ1) is 14.1. The molecule has 0 bridgehead atoms. The average Bonchev–Trinajstić information content (AvgIpc) is 3.11. The number of fused-ring (bicyclic) bond motifs is 3. The van der Waals surface area contributed by atoms with E-state index in [9.17, 15) is 2.74 Å². The van der Waals surface area contributed by atoms with E-state index in [0.717, 1.165) is 59.8 Å². The first-order valence-electron chi connectivity index (χ1n) is 10.8. The number of benzene rings is 1. The molecule has 1 saturated carbocycles. The maximum atomic E-state index is 9.18. The van der Waals surface area contributed by atoms with Gasteiger partial charge in [-0.05, 0) is 63.1 Å². The number of nitrogens with zero attached hydrogens (tertiary/aromatic N) is 2. The molecule has 1 saturated heterocycles. The van der Waals surface area contributed by atoms with Crippen LogP contribution in [0.3, 0.4) is 0 Å². The molecule has 3 aromatic rings. The van der Waals surface area contributed by atoms with Crippen molar-refractivity contribution in [1.82, 2.24) is 4.98 Å². The molecule has 1 aliphatic heterocycles. The van der Waals surface area contributed by atoms with Crippen LogP contribution in [0.25, 0.3) is 22.1 Å². The summed E-state index contributed by atoms with van der Waals surface area (Å²) in [6.07, 6.45) is 5.91. The highest BCUT2D eigenvalue weighted by molar-refractivity contribution is 6.08. The lowest BCUT2D eigenvalue weighted by atomic mass is 9.71. The number of anilines is 1. The van der Waals surface area contributed by atoms with Crippen molar-refractivity contribution >= 4 is 27.8 Å². The van der Waals surface area contributed by atoms with Crippen LogP contribution in [-0.4, -0.2) is 17.1 Å². The summed E-state index contributed by atoms with van der Waals surface area (Å²) in [5.74, 6) is 0. The third kappa shape index (κ3) is 2.29. The molecule has 0 atom stereocenters. The lowest BCUT2D eigenvalue weighted by Gasteiger charge is -2.34. The SMILES string of the molecule is [2H]C1([2H])C2(CCCCC2)CN(c2c(C)ccc3c2oc2ncccc23)C1(C)C. The van der Waals surface area contributed by atoms with E-state index >= 15 is 0 Å². The second-order valence-corrected chi connectivity index (χ2v) is 8.68. The smallest absolute Gasteiger partial charge is 0.227 e. The lowest BCUT2D eigenvalue weighted by Crippen LogP contribution is -2.38. The predicted molar refractivity (Wildman–Crippen MR) is 108 cm³/mol. The van der Waals surface area contributed by atoms with Crippen LogP contribution >= 0.6 is 0 Å². The van der Waals surface area contributed by atoms with Crippen molar-refractivity contribution in [1.29, 1.82) is 0 Å². The van der Waals surface area contributed by atoms with Gasteiger partial charge in [0.15, 0.2) is 5.58 Å². The van der Waals surface area contributed by atoms with E-state index in [-0.39, 0.29) is 5.41 Å². The summed E-state index contributed by atoms with van der Waals surface area (Å²) in [6, 6.07) is 8.23. The maximum absolute atomic E-state index is 9.18. The van der Waals surface area contributed by atoms with Crippen LogP contribution in [0.4, 0.5) is 5.69 Å². The third-order valence-electron chi connectivity index (χ3n) is 6.38. The molecule has 2 fully saturated rings. The van der Waals surface area contributed by atoms with Crippen LogP contribution < -0.4 is 4.90 Å². The van der Waals surface area contributed by atoms with E-state index in [2.05, 4.69) is 42.8 Å². The highest BCUT2D eigenvalue weighted by Gasteiger charge is 2.49. The molecule has 0 unspecified atom stereocenters. The van der Waals surface area contributed by atoms with Gasteiger partial charge in [-0.25, -0.2) is 4.98 Å². The number of rotatable bonds is 1. The lowest BCUT2D eigenvalue weighted by molar-refractivity contribution is 0.204. The van der Waals surface area contributed by atoms with Gasteiger partial charge < -0.3 is 9.32 Å². The summed E-state index contributed by atoms with van der Waals surface area (Å²) in [7, 11) is 0. The Hall–Kier alpha value is -2.03. The minimum atomic E-state index is -1.26. The van der Waals surface area contributed by atoms with Crippen molar-refractivity contribution in [2.24, 2.45) is 5.41 Å². The minimum absolute atomic E-state index is 0.284. The molecule has 5 rings (SSSR count). The van der Waals surface area contributed by atoms with Crippen molar-refractivity contribution in [3.05, 3.63) is 36.0 Å². The zero-order chi connectivity index (χ0) is 19.7. The summed E-state index contributed by atoms with van der Waals surface area (Å²) >= 11 is 0. The Morgan fingerprint density at radius 3 is 2.73 bits per heavy atom.